The highest BCUT2D eigenvalue weighted by atomic mass is 79.9. The lowest BCUT2D eigenvalue weighted by Gasteiger charge is -2.07. The van der Waals surface area contributed by atoms with Gasteiger partial charge in [0.2, 0.25) is 0 Å². The summed E-state index contributed by atoms with van der Waals surface area (Å²) in [6.07, 6.45) is 2.09. The molecule has 0 unspecified atom stereocenters. The number of hydrogen-bond acceptors (Lipinski definition) is 2. The molecule has 3 heteroatoms. The van der Waals surface area contributed by atoms with Crippen LogP contribution in [0.1, 0.15) is 32.3 Å². The van der Waals surface area contributed by atoms with Gasteiger partial charge in [-0.2, -0.15) is 0 Å². The lowest BCUT2D eigenvalue weighted by molar-refractivity contribution is -0.118. The Hall–Kier alpha value is -0.830. The van der Waals surface area contributed by atoms with Gasteiger partial charge in [0.05, 0.1) is 7.11 Å². The molecule has 0 saturated heterocycles. The predicted octanol–water partition coefficient (Wildman–Crippen LogP) is 4.01. The summed E-state index contributed by atoms with van der Waals surface area (Å²) in [6.45, 7) is 4.27. The van der Waals surface area contributed by atoms with Crippen LogP contribution in [0, 0.1) is 5.92 Å². The van der Waals surface area contributed by atoms with Gasteiger partial charge in [-0.05, 0) is 36.1 Å². The van der Waals surface area contributed by atoms with Gasteiger partial charge in [-0.15, -0.1) is 0 Å². The lowest BCUT2D eigenvalue weighted by atomic mass is 10.0. The summed E-state index contributed by atoms with van der Waals surface area (Å²) < 4.78 is 6.13. The van der Waals surface area contributed by atoms with Crippen LogP contribution in [0.3, 0.4) is 0 Å². The maximum absolute atomic E-state index is 11.8. The van der Waals surface area contributed by atoms with Crippen LogP contribution >= 0.6 is 15.9 Å². The fourth-order valence-corrected chi connectivity index (χ4v) is 1.95. The summed E-state index contributed by atoms with van der Waals surface area (Å²) in [6, 6.07) is 5.72. The average Bonchev–Trinajstić information content (AvgIpc) is 2.29. The standard InChI is InChI=1S/C14H19BrO2/c1-10(2)4-5-12(16)8-11-9-13(17-3)6-7-14(11)15/h6-7,9-10H,4-5,8H2,1-3H3. The van der Waals surface area contributed by atoms with Gasteiger partial charge in [-0.3, -0.25) is 4.79 Å². The van der Waals surface area contributed by atoms with E-state index in [1.54, 1.807) is 7.11 Å². The number of methoxy groups -OCH3 is 1. The molecule has 0 spiro atoms. The molecule has 0 fully saturated rings. The summed E-state index contributed by atoms with van der Waals surface area (Å²) in [5, 5.41) is 0. The van der Waals surface area contributed by atoms with Crippen LogP contribution in [0.2, 0.25) is 0 Å². The Kier molecular flexibility index (Phi) is 5.69. The van der Waals surface area contributed by atoms with Gasteiger partial charge in [-0.1, -0.05) is 29.8 Å². The SMILES string of the molecule is COc1ccc(Br)c(CC(=O)CCC(C)C)c1. The summed E-state index contributed by atoms with van der Waals surface area (Å²) in [4.78, 5) is 11.8. The molecule has 0 N–H and O–H groups in total. The van der Waals surface area contributed by atoms with Crippen molar-refractivity contribution in [3.63, 3.8) is 0 Å². The van der Waals surface area contributed by atoms with Crippen LogP contribution in [0.25, 0.3) is 0 Å². The molecule has 1 aromatic carbocycles. The summed E-state index contributed by atoms with van der Waals surface area (Å²) in [7, 11) is 1.63. The Morgan fingerprint density at radius 2 is 2.12 bits per heavy atom. The number of carbonyl (C=O) groups excluding carboxylic acids is 1. The number of halogens is 1. The molecule has 0 aliphatic carbocycles. The molecular formula is C14H19BrO2. The van der Waals surface area contributed by atoms with E-state index in [1.165, 1.54) is 0 Å². The molecule has 1 rings (SSSR count). The normalized spacial score (nSPS) is 10.6. The minimum atomic E-state index is 0.285. The van der Waals surface area contributed by atoms with Crippen LogP contribution < -0.4 is 4.74 Å². The van der Waals surface area contributed by atoms with Crippen molar-refractivity contribution in [3.05, 3.63) is 28.2 Å². The number of ether oxygens (including phenoxy) is 1. The third kappa shape index (κ3) is 4.90. The lowest BCUT2D eigenvalue weighted by Crippen LogP contribution is -2.05. The van der Waals surface area contributed by atoms with E-state index in [2.05, 4.69) is 29.8 Å². The van der Waals surface area contributed by atoms with Crippen molar-refractivity contribution in [1.82, 2.24) is 0 Å². The summed E-state index contributed by atoms with van der Waals surface area (Å²) >= 11 is 3.46. The number of ketones is 1. The van der Waals surface area contributed by atoms with Crippen LogP contribution in [-0.4, -0.2) is 12.9 Å². The summed E-state index contributed by atoms with van der Waals surface area (Å²) in [5.41, 5.74) is 0.998. The molecule has 94 valence electrons. The molecule has 0 atom stereocenters. The van der Waals surface area contributed by atoms with Gasteiger partial charge in [0.15, 0.2) is 0 Å². The van der Waals surface area contributed by atoms with Crippen molar-refractivity contribution < 1.29 is 9.53 Å². The van der Waals surface area contributed by atoms with E-state index in [4.69, 9.17) is 4.74 Å². The van der Waals surface area contributed by atoms with E-state index in [1.807, 2.05) is 18.2 Å². The maximum atomic E-state index is 11.8. The Balaban J connectivity index is 2.64. The molecule has 0 aliphatic rings. The van der Waals surface area contributed by atoms with Crippen molar-refractivity contribution in [2.24, 2.45) is 5.92 Å². The Morgan fingerprint density at radius 1 is 1.41 bits per heavy atom. The third-order valence-corrected chi connectivity index (χ3v) is 3.41. The van der Waals surface area contributed by atoms with Gasteiger partial charge >= 0.3 is 0 Å². The highest BCUT2D eigenvalue weighted by molar-refractivity contribution is 9.10. The second-order valence-corrected chi connectivity index (χ2v) is 5.46. The molecule has 0 aromatic heterocycles. The highest BCUT2D eigenvalue weighted by Gasteiger charge is 2.09. The van der Waals surface area contributed by atoms with Crippen LogP contribution in [0.5, 0.6) is 5.75 Å². The van der Waals surface area contributed by atoms with Crippen molar-refractivity contribution in [3.8, 4) is 5.75 Å². The second-order valence-electron chi connectivity index (χ2n) is 4.61. The number of hydrogen-bond donors (Lipinski definition) is 0. The zero-order valence-electron chi connectivity index (χ0n) is 10.6. The molecular weight excluding hydrogens is 280 g/mol. The zero-order chi connectivity index (χ0) is 12.8. The number of benzene rings is 1. The van der Waals surface area contributed by atoms with E-state index < -0.39 is 0 Å². The topological polar surface area (TPSA) is 26.3 Å². The maximum Gasteiger partial charge on any atom is 0.137 e. The molecule has 1 aromatic rings. The van der Waals surface area contributed by atoms with Gasteiger partial charge in [0.1, 0.15) is 11.5 Å². The molecule has 17 heavy (non-hydrogen) atoms. The fraction of sp³-hybridized carbons (Fsp3) is 0.500. The monoisotopic (exact) mass is 298 g/mol. The quantitative estimate of drug-likeness (QED) is 0.793. The van der Waals surface area contributed by atoms with Gasteiger partial charge in [0, 0.05) is 17.3 Å². The predicted molar refractivity (Wildman–Crippen MR) is 73.5 cm³/mol. The van der Waals surface area contributed by atoms with E-state index in [-0.39, 0.29) is 5.78 Å². The van der Waals surface area contributed by atoms with Crippen LogP contribution in [0.15, 0.2) is 22.7 Å². The smallest absolute Gasteiger partial charge is 0.137 e. The molecule has 0 aliphatic heterocycles. The highest BCUT2D eigenvalue weighted by Crippen LogP contribution is 2.23. The summed E-state index contributed by atoms with van der Waals surface area (Å²) in [5.74, 6) is 1.65. The van der Waals surface area contributed by atoms with E-state index in [9.17, 15) is 4.79 Å². The Labute approximate surface area is 111 Å². The largest absolute Gasteiger partial charge is 0.497 e. The van der Waals surface area contributed by atoms with Crippen LogP contribution in [-0.2, 0) is 11.2 Å². The molecule has 0 amide bonds. The van der Waals surface area contributed by atoms with Gasteiger partial charge in [0.25, 0.3) is 0 Å². The first-order valence-corrected chi connectivity index (χ1v) is 6.66. The first kappa shape index (κ1) is 14.2. The van der Waals surface area contributed by atoms with E-state index in [0.717, 1.165) is 22.2 Å². The molecule has 0 heterocycles. The minimum Gasteiger partial charge on any atom is -0.497 e. The minimum absolute atomic E-state index is 0.285. The van der Waals surface area contributed by atoms with Crippen LogP contribution in [0.4, 0.5) is 0 Å². The molecule has 2 nitrogen and oxygen atoms in total. The molecule has 0 radical (unpaired) electrons. The Morgan fingerprint density at radius 3 is 2.71 bits per heavy atom. The first-order valence-electron chi connectivity index (χ1n) is 5.87. The number of Topliss-reactive ketones (excluding diaryl/α,β-unsaturated/α-hetero) is 1. The van der Waals surface area contributed by atoms with Gasteiger partial charge in [-0.25, -0.2) is 0 Å². The van der Waals surface area contributed by atoms with Crippen molar-refractivity contribution in [2.45, 2.75) is 33.1 Å². The first-order chi connectivity index (χ1) is 8.02. The number of rotatable bonds is 6. The average molecular weight is 299 g/mol. The Bertz CT molecular complexity index is 386. The van der Waals surface area contributed by atoms with E-state index >= 15 is 0 Å². The zero-order valence-corrected chi connectivity index (χ0v) is 12.2. The molecule has 0 bridgehead atoms. The fourth-order valence-electron chi connectivity index (χ4n) is 1.56. The molecule has 0 saturated carbocycles. The van der Waals surface area contributed by atoms with Crippen molar-refractivity contribution >= 4 is 21.7 Å². The number of carbonyl (C=O) groups is 1. The van der Waals surface area contributed by atoms with Gasteiger partial charge < -0.3 is 4.74 Å². The van der Waals surface area contributed by atoms with E-state index in [0.29, 0.717) is 18.8 Å². The third-order valence-electron chi connectivity index (χ3n) is 2.64. The second kappa shape index (κ2) is 6.80. The van der Waals surface area contributed by atoms with Crippen molar-refractivity contribution in [1.29, 1.82) is 0 Å². The van der Waals surface area contributed by atoms with Crippen molar-refractivity contribution in [2.75, 3.05) is 7.11 Å².